The molecule has 1 aromatic carbocycles. The molecule has 0 amide bonds. The molecule has 1 aliphatic heterocycles. The summed E-state index contributed by atoms with van der Waals surface area (Å²) in [7, 11) is 0. The second kappa shape index (κ2) is 4.56. The fraction of sp³-hybridized carbons (Fsp3) is 0.286. The Morgan fingerprint density at radius 3 is 2.75 bits per heavy atom. The highest BCUT2D eigenvalue weighted by molar-refractivity contribution is 5.97. The topological polar surface area (TPSA) is 83.7 Å². The summed E-state index contributed by atoms with van der Waals surface area (Å²) in [6.45, 7) is 3.81. The van der Waals surface area contributed by atoms with Gasteiger partial charge < -0.3 is 19.9 Å². The zero-order valence-electron chi connectivity index (χ0n) is 11.2. The highest BCUT2D eigenvalue weighted by Crippen LogP contribution is 2.38. The molecular formula is C14H14N2O4. The summed E-state index contributed by atoms with van der Waals surface area (Å²) in [5.74, 6) is 0.727. The molecule has 2 N–H and O–H groups in total. The van der Waals surface area contributed by atoms with Crippen LogP contribution in [0.15, 0.2) is 18.2 Å². The number of ether oxygens (including phenoxy) is 3. The van der Waals surface area contributed by atoms with Crippen molar-refractivity contribution in [1.29, 1.82) is 0 Å². The molecule has 0 bridgehead atoms. The molecule has 104 valence electrons. The van der Waals surface area contributed by atoms with Gasteiger partial charge in [0.05, 0.1) is 17.8 Å². The minimum Gasteiger partial charge on any atom is -0.461 e. The maximum absolute atomic E-state index is 11.8. The van der Waals surface area contributed by atoms with E-state index in [0.29, 0.717) is 17.0 Å². The van der Waals surface area contributed by atoms with Gasteiger partial charge in [-0.25, -0.2) is 9.78 Å². The Morgan fingerprint density at radius 1 is 1.35 bits per heavy atom. The molecule has 2 heterocycles. The number of carbonyl (C=O) groups excluding carboxylic acids is 1. The van der Waals surface area contributed by atoms with E-state index in [9.17, 15) is 4.79 Å². The summed E-state index contributed by atoms with van der Waals surface area (Å²) < 4.78 is 15.9. The molecule has 0 aliphatic carbocycles. The first-order valence-corrected chi connectivity index (χ1v) is 6.33. The molecule has 0 saturated heterocycles. The number of rotatable bonds is 2. The lowest BCUT2D eigenvalue weighted by Crippen LogP contribution is -2.11. The van der Waals surface area contributed by atoms with Gasteiger partial charge in [-0.3, -0.25) is 0 Å². The summed E-state index contributed by atoms with van der Waals surface area (Å²) in [4.78, 5) is 16.0. The van der Waals surface area contributed by atoms with Crippen LogP contribution in [-0.2, 0) is 4.74 Å². The average Bonchev–Trinajstić information content (AvgIpc) is 2.74. The molecule has 2 aromatic rings. The van der Waals surface area contributed by atoms with Crippen LogP contribution in [0.25, 0.3) is 10.9 Å². The number of aromatic nitrogens is 1. The molecule has 6 nitrogen and oxygen atoms in total. The molecule has 20 heavy (non-hydrogen) atoms. The van der Waals surface area contributed by atoms with E-state index in [1.807, 2.05) is 0 Å². The van der Waals surface area contributed by atoms with Crippen LogP contribution >= 0.6 is 0 Å². The molecule has 0 fully saturated rings. The molecule has 1 aromatic heterocycles. The number of nitrogen functional groups attached to an aromatic ring is 1. The monoisotopic (exact) mass is 274 g/mol. The van der Waals surface area contributed by atoms with E-state index in [0.717, 1.165) is 5.39 Å². The number of hydrogen-bond acceptors (Lipinski definition) is 6. The summed E-state index contributed by atoms with van der Waals surface area (Å²) in [5.41, 5.74) is 6.86. The molecular weight excluding hydrogens is 260 g/mol. The Labute approximate surface area is 115 Å². The van der Waals surface area contributed by atoms with Crippen LogP contribution in [0, 0.1) is 0 Å². The predicted octanol–water partition coefficient (Wildman–Crippen LogP) is 2.11. The Morgan fingerprint density at radius 2 is 2.05 bits per heavy atom. The molecule has 1 atom stereocenters. The van der Waals surface area contributed by atoms with Crippen molar-refractivity contribution >= 4 is 22.6 Å². The molecule has 3 rings (SSSR count). The first-order chi connectivity index (χ1) is 9.58. The van der Waals surface area contributed by atoms with Gasteiger partial charge in [0.1, 0.15) is 0 Å². The molecule has 1 aliphatic rings. The minimum atomic E-state index is -0.530. The van der Waals surface area contributed by atoms with E-state index < -0.39 is 5.97 Å². The van der Waals surface area contributed by atoms with E-state index in [4.69, 9.17) is 19.9 Å². The van der Waals surface area contributed by atoms with Gasteiger partial charge in [-0.15, -0.1) is 0 Å². The second-order valence-corrected chi connectivity index (χ2v) is 4.44. The molecule has 1 unspecified atom stereocenters. The van der Waals surface area contributed by atoms with Gasteiger partial charge in [-0.2, -0.15) is 0 Å². The summed E-state index contributed by atoms with van der Waals surface area (Å²) in [6.07, 6.45) is -0.330. The third-order valence-electron chi connectivity index (χ3n) is 2.96. The third kappa shape index (κ3) is 1.99. The number of hydrogen-bond donors (Lipinski definition) is 1. The highest BCUT2D eigenvalue weighted by Gasteiger charge is 2.22. The minimum absolute atomic E-state index is 0.117. The maximum atomic E-state index is 11.8. The Kier molecular flexibility index (Phi) is 2.85. The molecule has 0 saturated carbocycles. The van der Waals surface area contributed by atoms with Crippen molar-refractivity contribution in [3.63, 3.8) is 0 Å². The van der Waals surface area contributed by atoms with Gasteiger partial charge in [0.25, 0.3) is 0 Å². The van der Waals surface area contributed by atoms with Crippen molar-refractivity contribution in [1.82, 2.24) is 4.98 Å². The Balaban J connectivity index is 2.11. The van der Waals surface area contributed by atoms with Gasteiger partial charge in [0, 0.05) is 18.4 Å². The quantitative estimate of drug-likeness (QED) is 0.844. The van der Waals surface area contributed by atoms with E-state index >= 15 is 0 Å². The molecule has 6 heteroatoms. The van der Waals surface area contributed by atoms with Gasteiger partial charge >= 0.3 is 5.97 Å². The second-order valence-electron chi connectivity index (χ2n) is 4.44. The largest absolute Gasteiger partial charge is 0.461 e. The first kappa shape index (κ1) is 12.5. The van der Waals surface area contributed by atoms with Crippen LogP contribution in [0.1, 0.15) is 24.3 Å². The third-order valence-corrected chi connectivity index (χ3v) is 2.96. The summed E-state index contributed by atoms with van der Waals surface area (Å²) in [5, 5.41) is 0.784. The lowest BCUT2D eigenvalue weighted by atomic mass is 10.1. The number of fused-ring (bicyclic) bond motifs is 2. The number of pyridine rings is 1. The Bertz CT molecular complexity index is 699. The van der Waals surface area contributed by atoms with Crippen LogP contribution in [0.3, 0.4) is 0 Å². The van der Waals surface area contributed by atoms with Crippen LogP contribution in [0.5, 0.6) is 11.5 Å². The highest BCUT2D eigenvalue weighted by atomic mass is 16.7. The fourth-order valence-electron chi connectivity index (χ4n) is 2.13. The number of carbonyl (C=O) groups is 1. The SMILES string of the molecule is CCOC(=O)c1nc2cc3c(cc2cc1N)OC(C)O3. The van der Waals surface area contributed by atoms with Crippen molar-refractivity contribution in [2.24, 2.45) is 0 Å². The number of nitrogens with two attached hydrogens (primary N) is 1. The van der Waals surface area contributed by atoms with Gasteiger partial charge in [0.15, 0.2) is 17.2 Å². The van der Waals surface area contributed by atoms with Crippen LogP contribution in [0.4, 0.5) is 5.69 Å². The number of benzene rings is 1. The van der Waals surface area contributed by atoms with E-state index in [2.05, 4.69) is 4.98 Å². The Hall–Kier alpha value is -2.50. The fourth-order valence-corrected chi connectivity index (χ4v) is 2.13. The van der Waals surface area contributed by atoms with Crippen LogP contribution < -0.4 is 15.2 Å². The zero-order valence-corrected chi connectivity index (χ0v) is 11.2. The number of nitrogens with zero attached hydrogens (tertiary/aromatic N) is 1. The van der Waals surface area contributed by atoms with Gasteiger partial charge in [-0.1, -0.05) is 0 Å². The maximum Gasteiger partial charge on any atom is 0.359 e. The van der Waals surface area contributed by atoms with E-state index in [1.54, 1.807) is 32.0 Å². The smallest absolute Gasteiger partial charge is 0.359 e. The van der Waals surface area contributed by atoms with Gasteiger partial charge in [-0.05, 0) is 19.1 Å². The predicted molar refractivity (Wildman–Crippen MR) is 72.8 cm³/mol. The van der Waals surface area contributed by atoms with Crippen molar-refractivity contribution in [2.75, 3.05) is 12.3 Å². The van der Waals surface area contributed by atoms with Crippen LogP contribution in [-0.4, -0.2) is 23.9 Å². The van der Waals surface area contributed by atoms with Gasteiger partial charge in [0.2, 0.25) is 6.29 Å². The summed E-state index contributed by atoms with van der Waals surface area (Å²) in [6, 6.07) is 5.21. The van der Waals surface area contributed by atoms with Crippen molar-refractivity contribution in [3.8, 4) is 11.5 Å². The van der Waals surface area contributed by atoms with Crippen LogP contribution in [0.2, 0.25) is 0 Å². The number of anilines is 1. The van der Waals surface area contributed by atoms with E-state index in [1.165, 1.54) is 0 Å². The van der Waals surface area contributed by atoms with Crippen molar-refractivity contribution in [2.45, 2.75) is 20.1 Å². The molecule has 0 spiro atoms. The lowest BCUT2D eigenvalue weighted by molar-refractivity contribution is 0.0521. The van der Waals surface area contributed by atoms with Crippen molar-refractivity contribution in [3.05, 3.63) is 23.9 Å². The number of esters is 1. The normalized spacial score (nSPS) is 16.4. The zero-order chi connectivity index (χ0) is 14.3. The first-order valence-electron chi connectivity index (χ1n) is 6.33. The standard InChI is InChI=1S/C14H14N2O4/c1-3-18-14(17)13-9(15)4-8-5-11-12(6-10(8)16-13)20-7(2)19-11/h4-7H,3,15H2,1-2H3. The van der Waals surface area contributed by atoms with Crippen molar-refractivity contribution < 1.29 is 19.0 Å². The molecule has 0 radical (unpaired) electrons. The summed E-state index contributed by atoms with van der Waals surface area (Å²) >= 11 is 0. The lowest BCUT2D eigenvalue weighted by Gasteiger charge is -2.07. The average molecular weight is 274 g/mol. The van der Waals surface area contributed by atoms with E-state index in [-0.39, 0.29) is 24.3 Å².